The predicted molar refractivity (Wildman–Crippen MR) is 138 cm³/mol. The van der Waals surface area contributed by atoms with Crippen molar-refractivity contribution in [3.05, 3.63) is 36.4 Å². The summed E-state index contributed by atoms with van der Waals surface area (Å²) in [7, 11) is 7.36. The number of ether oxygens (including phenoxy) is 1. The second-order valence-corrected chi connectivity index (χ2v) is 18.0. The minimum atomic E-state index is -3.75. The average molecular weight is 622 g/mol. The van der Waals surface area contributed by atoms with Gasteiger partial charge >= 0.3 is 11.4 Å². The summed E-state index contributed by atoms with van der Waals surface area (Å²) in [6.07, 6.45) is 0. The minimum absolute atomic E-state index is 0.0714. The van der Waals surface area contributed by atoms with Crippen molar-refractivity contribution in [2.45, 2.75) is 15.6 Å². The molecule has 0 aliphatic carbocycles. The van der Waals surface area contributed by atoms with E-state index >= 15 is 0 Å². The fourth-order valence-electron chi connectivity index (χ4n) is 2.28. The van der Waals surface area contributed by atoms with Crippen LogP contribution in [0.15, 0.2) is 45.1 Å². The van der Waals surface area contributed by atoms with Crippen LogP contribution in [0, 0.1) is 0 Å². The second-order valence-electron chi connectivity index (χ2n) is 6.01. The molecule has 0 spiro atoms. The Kier molecular flexibility index (Phi) is 10.6. The third-order valence-corrected chi connectivity index (χ3v) is 8.17. The Morgan fingerprint density at radius 1 is 0.912 bits per heavy atom. The van der Waals surface area contributed by atoms with Crippen molar-refractivity contribution in [3.63, 3.8) is 0 Å². The number of rotatable bonds is 4. The third kappa shape index (κ3) is 8.92. The van der Waals surface area contributed by atoms with Crippen molar-refractivity contribution in [1.29, 1.82) is 0 Å². The maximum atomic E-state index is 11.1. The highest BCUT2D eigenvalue weighted by atomic mass is 35.8. The number of nitrogens with two attached hydrogens (primary N) is 2. The fourth-order valence-corrected chi connectivity index (χ4v) is 5.65. The molecule has 18 heteroatoms. The minimum Gasteiger partial charge on any atom is -0.508 e. The molecular formula is C16H16AlCl3N4O6S4. The van der Waals surface area contributed by atoms with Crippen molar-refractivity contribution in [1.82, 2.24) is 9.97 Å². The number of aromatic hydroxyl groups is 1. The zero-order chi connectivity index (χ0) is 25.7. The molecule has 4 rings (SSSR count). The van der Waals surface area contributed by atoms with Crippen molar-refractivity contribution < 1.29 is 26.7 Å². The molecule has 5 N–H and O–H groups in total. The molecule has 34 heavy (non-hydrogen) atoms. The maximum Gasteiger partial charge on any atom is 0.643 e. The SMILES string of the molecule is CCOc1ccc2nc(S(N)(=O)=O)sc2c1.NS(=O)(=O)c1nc2ccc(O)cc2s1.[Cl][Al]([Cl])[Cl]. The molecule has 0 radical (unpaired) electrons. The first-order chi connectivity index (χ1) is 15.7. The first-order valence-corrected chi connectivity index (χ1v) is 18.8. The summed E-state index contributed by atoms with van der Waals surface area (Å²) < 4.78 is 50.5. The molecular weight excluding hydrogens is 606 g/mol. The lowest BCUT2D eigenvalue weighted by atomic mass is 10.3. The molecule has 2 heterocycles. The number of sulfonamides is 2. The van der Waals surface area contributed by atoms with E-state index in [4.69, 9.17) is 50.3 Å². The molecule has 0 aliphatic heterocycles. The number of fused-ring (bicyclic) bond motifs is 2. The topological polar surface area (TPSA) is 176 Å². The van der Waals surface area contributed by atoms with Crippen molar-refractivity contribution in [2.75, 3.05) is 6.61 Å². The third-order valence-electron chi connectivity index (χ3n) is 3.49. The Hall–Kier alpha value is -0.958. The quantitative estimate of drug-likeness (QED) is 0.289. The summed E-state index contributed by atoms with van der Waals surface area (Å²) in [5, 5.41) is 19.1. The number of phenolic OH excluding ortho intramolecular Hbond substituents is 1. The largest absolute Gasteiger partial charge is 0.643 e. The molecule has 2 aromatic heterocycles. The normalized spacial score (nSPS) is 11.4. The number of halogens is 3. The van der Waals surface area contributed by atoms with E-state index in [9.17, 15) is 16.8 Å². The molecule has 4 aromatic rings. The van der Waals surface area contributed by atoms with Crippen LogP contribution in [0.1, 0.15) is 6.92 Å². The Balaban J connectivity index is 0.000000209. The van der Waals surface area contributed by atoms with Gasteiger partial charge in [-0.3, -0.25) is 0 Å². The van der Waals surface area contributed by atoms with Gasteiger partial charge in [0.1, 0.15) is 11.5 Å². The lowest BCUT2D eigenvalue weighted by Crippen LogP contribution is -2.11. The van der Waals surface area contributed by atoms with Crippen molar-refractivity contribution in [2.24, 2.45) is 10.3 Å². The first kappa shape index (κ1) is 29.3. The summed E-state index contributed by atoms with van der Waals surface area (Å²) in [5.41, 5.74) is 1.12. The van der Waals surface area contributed by atoms with E-state index in [1.165, 1.54) is 18.2 Å². The van der Waals surface area contributed by atoms with Crippen LogP contribution in [0.3, 0.4) is 0 Å². The van der Waals surface area contributed by atoms with E-state index in [1.54, 1.807) is 18.2 Å². The summed E-state index contributed by atoms with van der Waals surface area (Å²) in [6, 6.07) is 9.64. The van der Waals surface area contributed by atoms with Crippen LogP contribution in [0.4, 0.5) is 0 Å². The van der Waals surface area contributed by atoms with Crippen LogP contribution in [0.25, 0.3) is 20.4 Å². The van der Waals surface area contributed by atoms with Crippen molar-refractivity contribution in [3.8, 4) is 11.5 Å². The van der Waals surface area contributed by atoms with Gasteiger partial charge in [0.25, 0.3) is 20.0 Å². The highest BCUT2D eigenvalue weighted by Crippen LogP contribution is 2.28. The molecule has 0 atom stereocenters. The summed E-state index contributed by atoms with van der Waals surface area (Å²) >= 11 is 0.252. The van der Waals surface area contributed by atoms with Crippen LogP contribution in [0.5, 0.6) is 11.5 Å². The van der Waals surface area contributed by atoms with Crippen LogP contribution in [-0.2, 0) is 20.0 Å². The number of benzene rings is 2. The van der Waals surface area contributed by atoms with Crippen LogP contribution >= 0.6 is 52.8 Å². The monoisotopic (exact) mass is 620 g/mol. The number of nitrogens with zero attached hydrogens (tertiary/aromatic N) is 2. The standard InChI is InChI=1S/C9H10N2O3S2.C7H6N2O3S2.Al.3ClH/c1-2-14-6-3-4-7-8(5-6)15-9(11-7)16(10,12)13;8-14(11,12)7-9-5-2-1-4(10)3-6(5)13-7;;;;/h3-5H,2H2,1H3,(H2,10,12,13);1-3,10H,(H2,8,11,12);;3*1H/q;;+3;;;/p-3. The Morgan fingerprint density at radius 2 is 1.35 bits per heavy atom. The van der Waals surface area contributed by atoms with E-state index in [0.29, 0.717) is 28.1 Å². The van der Waals surface area contributed by atoms with Gasteiger partial charge in [0.15, 0.2) is 0 Å². The Bertz CT molecular complexity index is 1490. The molecule has 0 amide bonds. The van der Waals surface area contributed by atoms with E-state index in [1.807, 2.05) is 6.92 Å². The molecule has 0 saturated carbocycles. The van der Waals surface area contributed by atoms with Crippen molar-refractivity contribution >= 4 is 105 Å². The zero-order valence-electron chi connectivity index (χ0n) is 17.1. The number of phenols is 1. The summed E-state index contributed by atoms with van der Waals surface area (Å²) in [6.45, 7) is 2.44. The predicted octanol–water partition coefficient (Wildman–Crippen LogP) is 3.68. The highest BCUT2D eigenvalue weighted by molar-refractivity contribution is 7.91. The van der Waals surface area contributed by atoms with Gasteiger partial charge in [-0.05, 0) is 43.3 Å². The molecule has 0 saturated heterocycles. The number of hydrogen-bond acceptors (Lipinski definition) is 10. The van der Waals surface area contributed by atoms with Gasteiger partial charge in [-0.2, -0.15) is 0 Å². The Morgan fingerprint density at radius 3 is 1.79 bits per heavy atom. The number of thiazole rings is 2. The molecule has 184 valence electrons. The van der Waals surface area contributed by atoms with Gasteiger partial charge in [-0.15, -0.1) is 22.7 Å². The number of aromatic nitrogens is 2. The Labute approximate surface area is 220 Å². The van der Waals surface area contributed by atoms with Gasteiger partial charge in [0.2, 0.25) is 8.68 Å². The van der Waals surface area contributed by atoms with Crippen LogP contribution < -0.4 is 15.0 Å². The maximum absolute atomic E-state index is 11.1. The molecule has 0 aliphatic rings. The van der Waals surface area contributed by atoms with Gasteiger partial charge in [-0.25, -0.2) is 67.2 Å². The second kappa shape index (κ2) is 12.3. The van der Waals surface area contributed by atoms with Crippen LogP contribution in [0.2, 0.25) is 0 Å². The van der Waals surface area contributed by atoms with Gasteiger partial charge < -0.3 is 9.84 Å². The molecule has 0 bridgehead atoms. The smallest absolute Gasteiger partial charge is 0.508 e. The molecule has 0 unspecified atom stereocenters. The van der Waals surface area contributed by atoms with E-state index in [2.05, 4.69) is 9.97 Å². The van der Waals surface area contributed by atoms with E-state index in [-0.39, 0.29) is 14.4 Å². The average Bonchev–Trinajstić information content (AvgIpc) is 3.31. The lowest BCUT2D eigenvalue weighted by Gasteiger charge is -2.00. The van der Waals surface area contributed by atoms with Gasteiger partial charge in [0.05, 0.1) is 27.0 Å². The van der Waals surface area contributed by atoms with E-state index < -0.39 is 31.4 Å². The van der Waals surface area contributed by atoms with Crippen LogP contribution in [-0.4, -0.2) is 49.9 Å². The molecule has 2 aromatic carbocycles. The zero-order valence-corrected chi connectivity index (χ0v) is 23.7. The highest BCUT2D eigenvalue weighted by Gasteiger charge is 2.15. The number of primary sulfonamides is 2. The summed E-state index contributed by atoms with van der Waals surface area (Å²) in [4.78, 5) is 7.75. The van der Waals surface area contributed by atoms with Gasteiger partial charge in [0, 0.05) is 0 Å². The molecule has 0 fully saturated rings. The molecule has 10 nitrogen and oxygen atoms in total. The van der Waals surface area contributed by atoms with Gasteiger partial charge in [-0.1, -0.05) is 0 Å². The number of hydrogen-bond donors (Lipinski definition) is 3. The van der Waals surface area contributed by atoms with E-state index in [0.717, 1.165) is 27.4 Å². The fraction of sp³-hybridized carbons (Fsp3) is 0.125. The first-order valence-electron chi connectivity index (χ1n) is 8.81. The summed E-state index contributed by atoms with van der Waals surface area (Å²) in [5.74, 6) is 0.765. The lowest BCUT2D eigenvalue weighted by molar-refractivity contribution is 0.341.